The third kappa shape index (κ3) is 2.24. The maximum atomic E-state index is 12.8. The average molecular weight is 382 g/mol. The zero-order valence-electron chi connectivity index (χ0n) is 15.3. The lowest BCUT2D eigenvalue weighted by Gasteiger charge is -2.39. The molecular formula is C20H18N2O6. The van der Waals surface area contributed by atoms with Gasteiger partial charge in [0.25, 0.3) is 11.8 Å². The van der Waals surface area contributed by atoms with Gasteiger partial charge >= 0.3 is 11.9 Å². The van der Waals surface area contributed by atoms with E-state index in [1.165, 1.54) is 26.4 Å². The van der Waals surface area contributed by atoms with E-state index in [9.17, 15) is 19.2 Å². The first-order valence-electron chi connectivity index (χ1n) is 8.73. The highest BCUT2D eigenvalue weighted by Gasteiger charge is 2.65. The van der Waals surface area contributed by atoms with Crippen molar-refractivity contribution in [2.24, 2.45) is 5.41 Å². The van der Waals surface area contributed by atoms with Gasteiger partial charge in [0, 0.05) is 24.3 Å². The second-order valence-corrected chi connectivity index (χ2v) is 6.79. The molecule has 28 heavy (non-hydrogen) atoms. The summed E-state index contributed by atoms with van der Waals surface area (Å²) in [5.74, 6) is -2.53. The number of carbonyl (C=O) groups is 4. The molecule has 0 unspecified atom stereocenters. The number of fused-ring (bicyclic) bond motifs is 3. The number of carbonyl (C=O) groups excluding carboxylic acids is 4. The number of esters is 2. The summed E-state index contributed by atoms with van der Waals surface area (Å²) in [6.07, 6.45) is 4.91. The number of amides is 2. The summed E-state index contributed by atoms with van der Waals surface area (Å²) < 4.78 is 9.92. The first-order chi connectivity index (χ1) is 13.5. The molecule has 3 heterocycles. The number of anilines is 1. The molecule has 0 saturated carbocycles. The third-order valence-corrected chi connectivity index (χ3v) is 5.54. The number of nitrogens with zero attached hydrogens (tertiary/aromatic N) is 2. The number of methoxy groups -OCH3 is 2. The van der Waals surface area contributed by atoms with Gasteiger partial charge in [0.2, 0.25) is 0 Å². The molecule has 0 spiro atoms. The molecule has 0 bridgehead atoms. The second kappa shape index (κ2) is 6.33. The van der Waals surface area contributed by atoms with Gasteiger partial charge in [0.1, 0.15) is 6.17 Å². The first kappa shape index (κ1) is 18.0. The molecule has 8 heteroatoms. The molecule has 3 aliphatic rings. The van der Waals surface area contributed by atoms with Crippen molar-refractivity contribution in [3.8, 4) is 0 Å². The minimum Gasteiger partial charge on any atom is -0.468 e. The van der Waals surface area contributed by atoms with Crippen molar-refractivity contribution in [3.05, 3.63) is 48.1 Å². The van der Waals surface area contributed by atoms with E-state index in [4.69, 9.17) is 9.47 Å². The van der Waals surface area contributed by atoms with Gasteiger partial charge in [-0.3, -0.25) is 24.1 Å². The van der Waals surface area contributed by atoms with E-state index < -0.39 is 41.4 Å². The molecule has 144 valence electrons. The highest BCUT2D eigenvalue weighted by atomic mass is 16.5. The minimum absolute atomic E-state index is 0.130. The van der Waals surface area contributed by atoms with Crippen molar-refractivity contribution in [2.75, 3.05) is 19.1 Å². The molecule has 0 radical (unpaired) electrons. The van der Waals surface area contributed by atoms with Gasteiger partial charge in [0.05, 0.1) is 20.3 Å². The fraction of sp³-hybridized carbons (Fsp3) is 0.300. The molecule has 2 amide bonds. The smallest absolute Gasteiger partial charge is 0.325 e. The van der Waals surface area contributed by atoms with Crippen LogP contribution < -0.4 is 4.90 Å². The molecule has 0 N–H and O–H groups in total. The number of benzene rings is 1. The van der Waals surface area contributed by atoms with Crippen LogP contribution in [0.25, 0.3) is 6.08 Å². The Morgan fingerprint density at radius 2 is 1.61 bits per heavy atom. The van der Waals surface area contributed by atoms with Crippen molar-refractivity contribution in [3.63, 3.8) is 0 Å². The quantitative estimate of drug-likeness (QED) is 0.435. The van der Waals surface area contributed by atoms with Gasteiger partial charge in [0.15, 0.2) is 5.41 Å². The first-order valence-corrected chi connectivity index (χ1v) is 8.73. The highest BCUT2D eigenvalue weighted by Crippen LogP contribution is 2.50. The summed E-state index contributed by atoms with van der Waals surface area (Å²) in [4.78, 5) is 53.3. The van der Waals surface area contributed by atoms with Crippen LogP contribution in [0.4, 0.5) is 5.69 Å². The van der Waals surface area contributed by atoms with Crippen LogP contribution in [-0.4, -0.2) is 55.1 Å². The Morgan fingerprint density at radius 1 is 1.00 bits per heavy atom. The molecule has 0 aromatic heterocycles. The van der Waals surface area contributed by atoms with E-state index in [1.54, 1.807) is 11.0 Å². The largest absolute Gasteiger partial charge is 0.468 e. The van der Waals surface area contributed by atoms with Gasteiger partial charge in [-0.1, -0.05) is 30.4 Å². The van der Waals surface area contributed by atoms with Crippen LogP contribution in [0, 0.1) is 5.41 Å². The van der Waals surface area contributed by atoms with Gasteiger partial charge in [-0.25, -0.2) is 0 Å². The van der Waals surface area contributed by atoms with Crippen LogP contribution in [-0.2, 0) is 28.7 Å². The van der Waals surface area contributed by atoms with Crippen LogP contribution in [0.2, 0.25) is 0 Å². The van der Waals surface area contributed by atoms with Crippen LogP contribution in [0.5, 0.6) is 0 Å². The molecule has 2 atom stereocenters. The zero-order valence-corrected chi connectivity index (χ0v) is 15.3. The van der Waals surface area contributed by atoms with Crippen molar-refractivity contribution >= 4 is 35.5 Å². The fourth-order valence-corrected chi connectivity index (χ4v) is 4.33. The fourth-order valence-electron chi connectivity index (χ4n) is 4.33. The second-order valence-electron chi connectivity index (χ2n) is 6.79. The zero-order chi connectivity index (χ0) is 20.1. The summed E-state index contributed by atoms with van der Waals surface area (Å²) in [5.41, 5.74) is -0.148. The van der Waals surface area contributed by atoms with Crippen LogP contribution in [0.1, 0.15) is 12.0 Å². The molecule has 3 aliphatic heterocycles. The summed E-state index contributed by atoms with van der Waals surface area (Å²) in [6, 6.07) is 6.60. The van der Waals surface area contributed by atoms with E-state index >= 15 is 0 Å². The standard InChI is InChI=1S/C20H18N2O6/c1-27-18(25)20(19(26)28-2)11-15(22-16(23)9-10-17(22)24)21-13-6-4-3-5-12(13)7-8-14(20)21/h3-10,14-15H,11H2,1-2H3/t14-,15-/m1/s1. The molecule has 1 aromatic rings. The van der Waals surface area contributed by atoms with Crippen molar-refractivity contribution in [2.45, 2.75) is 18.6 Å². The van der Waals surface area contributed by atoms with Gasteiger partial charge in [-0.05, 0) is 11.6 Å². The van der Waals surface area contributed by atoms with Crippen LogP contribution >= 0.6 is 0 Å². The molecule has 1 aromatic carbocycles. The Balaban J connectivity index is 1.92. The van der Waals surface area contributed by atoms with Crippen LogP contribution in [0.3, 0.4) is 0 Å². The molecule has 1 fully saturated rings. The summed E-state index contributed by atoms with van der Waals surface area (Å²) in [6.45, 7) is 0. The predicted octanol–water partition coefficient (Wildman–Crippen LogP) is 0.876. The lowest BCUT2D eigenvalue weighted by atomic mass is 9.78. The summed E-state index contributed by atoms with van der Waals surface area (Å²) in [7, 11) is 2.39. The Kier molecular flexibility index (Phi) is 4.06. The minimum atomic E-state index is -1.71. The summed E-state index contributed by atoms with van der Waals surface area (Å²) in [5, 5.41) is 0. The lowest BCUT2D eigenvalue weighted by molar-refractivity contribution is -0.169. The number of rotatable bonds is 3. The van der Waals surface area contributed by atoms with Crippen molar-refractivity contribution < 1.29 is 28.7 Å². The van der Waals surface area contributed by atoms with Crippen LogP contribution in [0.15, 0.2) is 42.5 Å². The van der Waals surface area contributed by atoms with Crippen molar-refractivity contribution in [1.29, 1.82) is 0 Å². The Hall–Kier alpha value is -3.42. The van der Waals surface area contributed by atoms with Gasteiger partial charge in [-0.2, -0.15) is 0 Å². The number of hydrogen-bond donors (Lipinski definition) is 0. The number of para-hydroxylation sites is 1. The Labute approximate surface area is 161 Å². The number of imide groups is 1. The van der Waals surface area contributed by atoms with E-state index in [2.05, 4.69) is 0 Å². The maximum absolute atomic E-state index is 12.8. The van der Waals surface area contributed by atoms with Gasteiger partial charge < -0.3 is 14.4 Å². The molecule has 1 saturated heterocycles. The van der Waals surface area contributed by atoms with Gasteiger partial charge in [-0.15, -0.1) is 0 Å². The molecule has 4 rings (SSSR count). The number of ether oxygens (including phenoxy) is 2. The third-order valence-electron chi connectivity index (χ3n) is 5.54. The highest BCUT2D eigenvalue weighted by molar-refractivity contribution is 6.14. The SMILES string of the molecule is COC(=O)C1(C(=O)OC)C[C@@H](N2C(=O)C=CC2=O)N2c3ccccc3C=C[C@@H]21. The number of hydrogen-bond acceptors (Lipinski definition) is 7. The maximum Gasteiger partial charge on any atom is 0.325 e. The Bertz CT molecular complexity index is 916. The van der Waals surface area contributed by atoms with E-state index in [0.717, 1.165) is 10.5 Å². The monoisotopic (exact) mass is 382 g/mol. The normalized spacial score (nSPS) is 24.2. The van der Waals surface area contributed by atoms with E-state index in [1.807, 2.05) is 30.3 Å². The topological polar surface area (TPSA) is 93.2 Å². The Morgan fingerprint density at radius 3 is 2.21 bits per heavy atom. The predicted molar refractivity (Wildman–Crippen MR) is 97.6 cm³/mol. The van der Waals surface area contributed by atoms with E-state index in [0.29, 0.717) is 5.69 Å². The van der Waals surface area contributed by atoms with E-state index in [-0.39, 0.29) is 6.42 Å². The lowest BCUT2D eigenvalue weighted by Crippen LogP contribution is -2.53. The molecule has 0 aliphatic carbocycles. The average Bonchev–Trinajstić information content (AvgIpc) is 3.24. The molecular weight excluding hydrogens is 364 g/mol. The summed E-state index contributed by atoms with van der Waals surface area (Å²) >= 11 is 0. The molecule has 8 nitrogen and oxygen atoms in total. The van der Waals surface area contributed by atoms with Crippen molar-refractivity contribution in [1.82, 2.24) is 4.90 Å².